The maximum absolute atomic E-state index is 5.34. The van der Waals surface area contributed by atoms with E-state index in [9.17, 15) is 0 Å². The van der Waals surface area contributed by atoms with E-state index in [1.165, 1.54) is 0 Å². The molecule has 0 saturated carbocycles. The van der Waals surface area contributed by atoms with E-state index in [1.807, 2.05) is 6.07 Å². The summed E-state index contributed by atoms with van der Waals surface area (Å²) in [6, 6.07) is 1.84. The van der Waals surface area contributed by atoms with Gasteiger partial charge >= 0.3 is 0 Å². The largest absolute Gasteiger partial charge is 0.381 e. The molecule has 0 amide bonds. The molecule has 1 unspecified atom stereocenters. The molecule has 5 heteroatoms. The highest BCUT2D eigenvalue weighted by Crippen LogP contribution is 2.16. The Balaban J connectivity index is 2.10. The van der Waals surface area contributed by atoms with Gasteiger partial charge < -0.3 is 14.5 Å². The highest BCUT2D eigenvalue weighted by molar-refractivity contribution is 7.71. The lowest BCUT2D eigenvalue weighted by molar-refractivity contribution is 0.180. The van der Waals surface area contributed by atoms with Crippen LogP contribution in [-0.4, -0.2) is 30.3 Å². The van der Waals surface area contributed by atoms with Crippen LogP contribution in [0.5, 0.6) is 0 Å². The van der Waals surface area contributed by atoms with Gasteiger partial charge in [0.25, 0.3) is 0 Å². The Bertz CT molecular complexity index is 399. The normalized spacial score (nSPS) is 20.2. The molecule has 2 rings (SSSR count). The van der Waals surface area contributed by atoms with Crippen LogP contribution in [0, 0.1) is 10.6 Å². The Labute approximate surface area is 100 Å². The van der Waals surface area contributed by atoms with Crippen LogP contribution in [0.4, 0.5) is 0 Å². The van der Waals surface area contributed by atoms with Gasteiger partial charge in [0, 0.05) is 32.4 Å². The van der Waals surface area contributed by atoms with Crippen LogP contribution < -0.4 is 0 Å². The molecule has 88 valence electrons. The molecule has 1 aromatic rings. The van der Waals surface area contributed by atoms with Gasteiger partial charge in [-0.15, -0.1) is 0 Å². The van der Waals surface area contributed by atoms with Gasteiger partial charge in [0.05, 0.1) is 6.61 Å². The fourth-order valence-electron chi connectivity index (χ4n) is 1.91. The van der Waals surface area contributed by atoms with Crippen molar-refractivity contribution in [2.75, 3.05) is 20.3 Å². The summed E-state index contributed by atoms with van der Waals surface area (Å²) in [5, 5.41) is 0. The van der Waals surface area contributed by atoms with E-state index in [-0.39, 0.29) is 0 Å². The zero-order valence-electron chi connectivity index (χ0n) is 9.36. The van der Waals surface area contributed by atoms with Gasteiger partial charge in [-0.3, -0.25) is 0 Å². The van der Waals surface area contributed by atoms with Crippen molar-refractivity contribution in [3.05, 3.63) is 22.2 Å². The average Bonchev–Trinajstić information content (AvgIpc) is 2.70. The number of hydrogen-bond acceptors (Lipinski definition) is 4. The number of nitrogens with zero attached hydrogens (tertiary/aromatic N) is 1. The number of rotatable bonds is 4. The zero-order valence-corrected chi connectivity index (χ0v) is 10.2. The van der Waals surface area contributed by atoms with Crippen LogP contribution in [0.3, 0.4) is 0 Å². The molecule has 1 fully saturated rings. The van der Waals surface area contributed by atoms with E-state index in [0.717, 1.165) is 37.6 Å². The predicted molar refractivity (Wildman–Crippen MR) is 62.8 cm³/mol. The molecular weight excluding hydrogens is 224 g/mol. The van der Waals surface area contributed by atoms with E-state index >= 15 is 0 Å². The van der Waals surface area contributed by atoms with E-state index in [2.05, 4.69) is 9.97 Å². The fourth-order valence-corrected chi connectivity index (χ4v) is 2.16. The van der Waals surface area contributed by atoms with Crippen molar-refractivity contribution in [3.63, 3.8) is 0 Å². The summed E-state index contributed by atoms with van der Waals surface area (Å²) in [4.78, 5) is 7.58. The maximum atomic E-state index is 5.34. The standard InChI is InChI=1S/C11H16N2O2S/c1-14-7-9-5-11(16)13-10(12-9)4-8-2-3-15-6-8/h5,8H,2-4,6-7H2,1H3,(H,12,13,16). The lowest BCUT2D eigenvalue weighted by atomic mass is 10.0. The number of nitrogens with one attached hydrogen (secondary N) is 1. The van der Waals surface area contributed by atoms with Crippen molar-refractivity contribution in [1.82, 2.24) is 9.97 Å². The minimum atomic E-state index is 0.542. The summed E-state index contributed by atoms with van der Waals surface area (Å²) in [6.07, 6.45) is 2.01. The monoisotopic (exact) mass is 240 g/mol. The number of aromatic nitrogens is 2. The van der Waals surface area contributed by atoms with Crippen LogP contribution >= 0.6 is 12.2 Å². The third-order valence-corrected chi connectivity index (χ3v) is 2.86. The van der Waals surface area contributed by atoms with Gasteiger partial charge in [0.1, 0.15) is 10.5 Å². The summed E-state index contributed by atoms with van der Waals surface area (Å²) in [5.41, 5.74) is 0.983. The third-order valence-electron chi connectivity index (χ3n) is 2.65. The number of hydrogen-bond donors (Lipinski definition) is 1. The van der Waals surface area contributed by atoms with Gasteiger partial charge in [-0.05, 0) is 18.4 Å². The summed E-state index contributed by atoms with van der Waals surface area (Å²) in [6.45, 7) is 2.24. The molecule has 1 N–H and O–H groups in total. The first-order valence-corrected chi connectivity index (χ1v) is 5.84. The van der Waals surface area contributed by atoms with E-state index in [1.54, 1.807) is 7.11 Å². The van der Waals surface area contributed by atoms with Crippen molar-refractivity contribution in [1.29, 1.82) is 0 Å². The molecule has 0 spiro atoms. The molecule has 16 heavy (non-hydrogen) atoms. The average molecular weight is 240 g/mol. The second-order valence-electron chi connectivity index (χ2n) is 4.06. The minimum absolute atomic E-state index is 0.542. The molecule has 1 atom stereocenters. The lowest BCUT2D eigenvalue weighted by Gasteiger charge is -2.08. The first-order chi connectivity index (χ1) is 7.78. The summed E-state index contributed by atoms with van der Waals surface area (Å²) < 4.78 is 11.0. The first-order valence-electron chi connectivity index (χ1n) is 5.43. The van der Waals surface area contributed by atoms with Gasteiger partial charge in [0.15, 0.2) is 0 Å². The Kier molecular flexibility index (Phi) is 4.04. The fraction of sp³-hybridized carbons (Fsp3) is 0.636. The van der Waals surface area contributed by atoms with Crippen LogP contribution in [0.2, 0.25) is 0 Å². The van der Waals surface area contributed by atoms with Crippen LogP contribution in [0.15, 0.2) is 6.07 Å². The number of H-pyrrole nitrogens is 1. The Morgan fingerprint density at radius 2 is 2.56 bits per heavy atom. The van der Waals surface area contributed by atoms with Crippen molar-refractivity contribution >= 4 is 12.2 Å². The summed E-state index contributed by atoms with van der Waals surface area (Å²) in [7, 11) is 1.67. The number of aromatic amines is 1. The third kappa shape index (κ3) is 3.10. The summed E-state index contributed by atoms with van der Waals surface area (Å²) in [5.74, 6) is 1.51. The van der Waals surface area contributed by atoms with E-state index < -0.39 is 0 Å². The van der Waals surface area contributed by atoms with Gasteiger partial charge in [-0.1, -0.05) is 12.2 Å². The van der Waals surface area contributed by atoms with Crippen LogP contribution in [0.25, 0.3) is 0 Å². The van der Waals surface area contributed by atoms with Gasteiger partial charge in [-0.2, -0.15) is 0 Å². The quantitative estimate of drug-likeness (QED) is 0.816. The molecule has 1 aliphatic heterocycles. The predicted octanol–water partition coefficient (Wildman–Crippen LogP) is 1.86. The molecule has 0 radical (unpaired) electrons. The maximum Gasteiger partial charge on any atom is 0.130 e. The number of ether oxygens (including phenoxy) is 2. The Morgan fingerprint density at radius 3 is 3.25 bits per heavy atom. The Morgan fingerprint density at radius 1 is 1.69 bits per heavy atom. The van der Waals surface area contributed by atoms with E-state index in [4.69, 9.17) is 21.7 Å². The van der Waals surface area contributed by atoms with Crippen LogP contribution in [0.1, 0.15) is 17.9 Å². The van der Waals surface area contributed by atoms with Crippen molar-refractivity contribution in [2.45, 2.75) is 19.4 Å². The molecule has 1 aromatic heterocycles. The number of methoxy groups -OCH3 is 1. The van der Waals surface area contributed by atoms with Gasteiger partial charge in [-0.25, -0.2) is 4.98 Å². The molecule has 1 saturated heterocycles. The van der Waals surface area contributed by atoms with Crippen molar-refractivity contribution in [3.8, 4) is 0 Å². The molecule has 1 aliphatic rings. The minimum Gasteiger partial charge on any atom is -0.381 e. The Hall–Kier alpha value is -0.780. The molecule has 2 heterocycles. The van der Waals surface area contributed by atoms with E-state index in [0.29, 0.717) is 17.2 Å². The molecular formula is C11H16N2O2S. The van der Waals surface area contributed by atoms with Crippen LogP contribution in [-0.2, 0) is 22.5 Å². The topological polar surface area (TPSA) is 47.1 Å². The van der Waals surface area contributed by atoms with Crippen molar-refractivity contribution in [2.24, 2.45) is 5.92 Å². The van der Waals surface area contributed by atoms with Gasteiger partial charge in [0.2, 0.25) is 0 Å². The molecule has 0 aromatic carbocycles. The SMILES string of the molecule is COCc1cc(=S)nc(CC2CCOC2)[nH]1. The summed E-state index contributed by atoms with van der Waals surface area (Å²) >= 11 is 5.12. The smallest absolute Gasteiger partial charge is 0.130 e. The first kappa shape index (κ1) is 11.7. The second-order valence-corrected chi connectivity index (χ2v) is 4.48. The second kappa shape index (κ2) is 5.52. The highest BCUT2D eigenvalue weighted by atomic mass is 32.1. The zero-order chi connectivity index (χ0) is 11.4. The van der Waals surface area contributed by atoms with Crippen molar-refractivity contribution < 1.29 is 9.47 Å². The highest BCUT2D eigenvalue weighted by Gasteiger charge is 2.17. The molecule has 4 nitrogen and oxygen atoms in total. The molecule has 0 aliphatic carbocycles. The lowest BCUT2D eigenvalue weighted by Crippen LogP contribution is -2.09. The molecule has 0 bridgehead atoms.